The molecule has 0 fully saturated rings. The average Bonchev–Trinajstić information content (AvgIpc) is 2.29. The molecule has 0 aromatic heterocycles. The summed E-state index contributed by atoms with van der Waals surface area (Å²) >= 11 is 0. The third kappa shape index (κ3) is 4.33. The van der Waals surface area contributed by atoms with Gasteiger partial charge in [0.1, 0.15) is 5.82 Å². The standard InChI is InChI=1S/C13H19FN2O2/c1-13(2,15)6-7-16-11-8-9(12(17)18-3)4-5-10(11)14/h4-5,8,16H,6-7,15H2,1-3H3. The van der Waals surface area contributed by atoms with Crippen LogP contribution in [0.25, 0.3) is 0 Å². The predicted octanol–water partition coefficient (Wildman–Crippen LogP) is 2.15. The van der Waals surface area contributed by atoms with Crippen molar-refractivity contribution in [2.45, 2.75) is 25.8 Å². The van der Waals surface area contributed by atoms with E-state index in [0.29, 0.717) is 18.5 Å². The smallest absolute Gasteiger partial charge is 0.337 e. The van der Waals surface area contributed by atoms with Crippen LogP contribution in [-0.4, -0.2) is 25.2 Å². The van der Waals surface area contributed by atoms with E-state index in [0.717, 1.165) is 0 Å². The van der Waals surface area contributed by atoms with Crippen LogP contribution in [0, 0.1) is 5.82 Å². The van der Waals surface area contributed by atoms with Crippen LogP contribution in [-0.2, 0) is 4.74 Å². The van der Waals surface area contributed by atoms with Crippen molar-refractivity contribution in [1.82, 2.24) is 0 Å². The Bertz CT molecular complexity index is 427. The summed E-state index contributed by atoms with van der Waals surface area (Å²) in [6, 6.07) is 4.06. The van der Waals surface area contributed by atoms with Crippen LogP contribution >= 0.6 is 0 Å². The number of nitrogens with two attached hydrogens (primary N) is 1. The summed E-state index contributed by atoms with van der Waals surface area (Å²) in [5.74, 6) is -0.894. The van der Waals surface area contributed by atoms with E-state index in [2.05, 4.69) is 10.1 Å². The number of anilines is 1. The molecule has 0 radical (unpaired) electrons. The molecular weight excluding hydrogens is 235 g/mol. The minimum atomic E-state index is -0.489. The molecule has 0 aliphatic rings. The van der Waals surface area contributed by atoms with E-state index in [1.165, 1.54) is 25.3 Å². The highest BCUT2D eigenvalue weighted by Crippen LogP contribution is 2.17. The molecule has 100 valence electrons. The Morgan fingerprint density at radius 2 is 2.17 bits per heavy atom. The van der Waals surface area contributed by atoms with Gasteiger partial charge in [0.05, 0.1) is 18.4 Å². The van der Waals surface area contributed by atoms with Crippen molar-refractivity contribution in [1.29, 1.82) is 0 Å². The number of methoxy groups -OCH3 is 1. The Labute approximate surface area is 106 Å². The van der Waals surface area contributed by atoms with E-state index in [1.807, 2.05) is 13.8 Å². The molecule has 0 saturated carbocycles. The van der Waals surface area contributed by atoms with E-state index in [1.54, 1.807) is 0 Å². The molecule has 0 unspecified atom stereocenters. The number of nitrogens with one attached hydrogen (secondary N) is 1. The van der Waals surface area contributed by atoms with Crippen molar-refractivity contribution >= 4 is 11.7 Å². The van der Waals surface area contributed by atoms with Crippen LogP contribution < -0.4 is 11.1 Å². The van der Waals surface area contributed by atoms with Gasteiger partial charge in [-0.3, -0.25) is 0 Å². The van der Waals surface area contributed by atoms with E-state index in [9.17, 15) is 9.18 Å². The summed E-state index contributed by atoms with van der Waals surface area (Å²) < 4.78 is 18.1. The van der Waals surface area contributed by atoms with Gasteiger partial charge in [-0.1, -0.05) is 0 Å². The first-order valence-electron chi connectivity index (χ1n) is 5.74. The summed E-state index contributed by atoms with van der Waals surface area (Å²) in [6.07, 6.45) is 0.689. The van der Waals surface area contributed by atoms with Gasteiger partial charge in [0.25, 0.3) is 0 Å². The van der Waals surface area contributed by atoms with E-state index < -0.39 is 11.8 Å². The maximum absolute atomic E-state index is 13.5. The minimum Gasteiger partial charge on any atom is -0.465 e. The molecule has 0 atom stereocenters. The van der Waals surface area contributed by atoms with Crippen LogP contribution in [0.15, 0.2) is 18.2 Å². The van der Waals surface area contributed by atoms with Crippen molar-refractivity contribution in [2.75, 3.05) is 19.0 Å². The first-order valence-corrected chi connectivity index (χ1v) is 5.74. The van der Waals surface area contributed by atoms with Gasteiger partial charge in [0.2, 0.25) is 0 Å². The number of hydrogen-bond acceptors (Lipinski definition) is 4. The first-order chi connectivity index (χ1) is 8.33. The Balaban J connectivity index is 2.73. The highest BCUT2D eigenvalue weighted by molar-refractivity contribution is 5.90. The maximum Gasteiger partial charge on any atom is 0.337 e. The molecule has 0 heterocycles. The molecule has 0 aliphatic carbocycles. The molecule has 5 heteroatoms. The van der Waals surface area contributed by atoms with E-state index in [-0.39, 0.29) is 11.2 Å². The number of hydrogen-bond donors (Lipinski definition) is 2. The SMILES string of the molecule is COC(=O)c1ccc(F)c(NCCC(C)(C)N)c1. The highest BCUT2D eigenvalue weighted by atomic mass is 19.1. The molecule has 18 heavy (non-hydrogen) atoms. The largest absolute Gasteiger partial charge is 0.465 e. The Morgan fingerprint density at radius 3 is 2.72 bits per heavy atom. The average molecular weight is 254 g/mol. The zero-order valence-corrected chi connectivity index (χ0v) is 10.9. The quantitative estimate of drug-likeness (QED) is 0.790. The van der Waals surface area contributed by atoms with Gasteiger partial charge in [-0.2, -0.15) is 0 Å². The molecule has 0 saturated heterocycles. The van der Waals surface area contributed by atoms with Gasteiger partial charge < -0.3 is 15.8 Å². The number of benzene rings is 1. The first kappa shape index (κ1) is 14.4. The van der Waals surface area contributed by atoms with Crippen LogP contribution in [0.2, 0.25) is 0 Å². The van der Waals surface area contributed by atoms with Crippen molar-refractivity contribution < 1.29 is 13.9 Å². The molecule has 1 rings (SSSR count). The lowest BCUT2D eigenvalue weighted by Crippen LogP contribution is -2.34. The number of ether oxygens (including phenoxy) is 1. The predicted molar refractivity (Wildman–Crippen MR) is 69.1 cm³/mol. The van der Waals surface area contributed by atoms with Gasteiger partial charge in [-0.05, 0) is 38.5 Å². The number of carbonyl (C=O) groups is 1. The molecule has 0 aliphatic heterocycles. The Hall–Kier alpha value is -1.62. The summed E-state index contributed by atoms with van der Waals surface area (Å²) in [4.78, 5) is 11.3. The molecule has 0 amide bonds. The Morgan fingerprint density at radius 1 is 1.50 bits per heavy atom. The number of rotatable bonds is 5. The lowest BCUT2D eigenvalue weighted by molar-refractivity contribution is 0.0600. The second-order valence-corrected chi connectivity index (χ2v) is 4.85. The Kier molecular flexibility index (Phi) is 4.67. The minimum absolute atomic E-state index is 0.280. The molecule has 1 aromatic rings. The lowest BCUT2D eigenvalue weighted by atomic mass is 10.0. The fraction of sp³-hybridized carbons (Fsp3) is 0.462. The molecular formula is C13H19FN2O2. The topological polar surface area (TPSA) is 64.3 Å². The maximum atomic E-state index is 13.5. The van der Waals surface area contributed by atoms with Gasteiger partial charge >= 0.3 is 5.97 Å². The normalized spacial score (nSPS) is 11.2. The van der Waals surface area contributed by atoms with Crippen LogP contribution in [0.4, 0.5) is 10.1 Å². The van der Waals surface area contributed by atoms with E-state index >= 15 is 0 Å². The molecule has 3 N–H and O–H groups in total. The number of halogens is 1. The summed E-state index contributed by atoms with van der Waals surface area (Å²) in [5, 5.41) is 2.93. The molecule has 1 aromatic carbocycles. The fourth-order valence-corrected chi connectivity index (χ4v) is 1.42. The highest BCUT2D eigenvalue weighted by Gasteiger charge is 2.12. The third-order valence-electron chi connectivity index (χ3n) is 2.47. The van der Waals surface area contributed by atoms with E-state index in [4.69, 9.17) is 5.73 Å². The van der Waals surface area contributed by atoms with Crippen LogP contribution in [0.5, 0.6) is 0 Å². The van der Waals surface area contributed by atoms with Crippen molar-refractivity contribution in [3.05, 3.63) is 29.6 Å². The van der Waals surface area contributed by atoms with Crippen molar-refractivity contribution in [3.63, 3.8) is 0 Å². The second kappa shape index (κ2) is 5.82. The van der Waals surface area contributed by atoms with Gasteiger partial charge in [-0.25, -0.2) is 9.18 Å². The zero-order valence-electron chi connectivity index (χ0n) is 10.9. The molecule has 0 spiro atoms. The van der Waals surface area contributed by atoms with Crippen molar-refractivity contribution in [2.24, 2.45) is 5.73 Å². The molecule has 0 bridgehead atoms. The third-order valence-corrected chi connectivity index (χ3v) is 2.47. The fourth-order valence-electron chi connectivity index (χ4n) is 1.42. The number of carbonyl (C=O) groups excluding carboxylic acids is 1. The van der Waals surface area contributed by atoms with Crippen LogP contribution in [0.3, 0.4) is 0 Å². The zero-order chi connectivity index (χ0) is 13.8. The second-order valence-electron chi connectivity index (χ2n) is 4.85. The van der Waals surface area contributed by atoms with Crippen molar-refractivity contribution in [3.8, 4) is 0 Å². The summed E-state index contributed by atoms with van der Waals surface area (Å²) in [6.45, 7) is 4.33. The molecule has 4 nitrogen and oxygen atoms in total. The van der Waals surface area contributed by atoms with Crippen LogP contribution in [0.1, 0.15) is 30.6 Å². The summed E-state index contributed by atoms with van der Waals surface area (Å²) in [7, 11) is 1.29. The van der Waals surface area contributed by atoms with Gasteiger partial charge in [0, 0.05) is 12.1 Å². The van der Waals surface area contributed by atoms with Gasteiger partial charge in [-0.15, -0.1) is 0 Å². The lowest BCUT2D eigenvalue weighted by Gasteiger charge is -2.19. The summed E-state index contributed by atoms with van der Waals surface area (Å²) in [5.41, 5.74) is 6.11. The van der Waals surface area contributed by atoms with Gasteiger partial charge in [0.15, 0.2) is 0 Å². The number of esters is 1. The monoisotopic (exact) mass is 254 g/mol.